The summed E-state index contributed by atoms with van der Waals surface area (Å²) in [5.41, 5.74) is 2.10. The maximum Gasteiger partial charge on any atom is 0.279 e. The Morgan fingerprint density at radius 1 is 0.941 bits per heavy atom. The van der Waals surface area contributed by atoms with E-state index in [0.29, 0.717) is 28.3 Å². The minimum Gasteiger partial charge on any atom is -0.497 e. The molecule has 0 radical (unpaired) electrons. The number of sulfonamides is 2. The first-order valence-corrected chi connectivity index (χ1v) is 13.5. The number of nitrogens with zero attached hydrogens (tertiary/aromatic N) is 2. The molecule has 0 aliphatic carbocycles. The van der Waals surface area contributed by atoms with Crippen molar-refractivity contribution in [2.45, 2.75) is 17.4 Å². The Labute approximate surface area is 197 Å². The van der Waals surface area contributed by atoms with Gasteiger partial charge in [0.05, 0.1) is 30.0 Å². The third-order valence-corrected chi connectivity index (χ3v) is 7.56. The number of ether oxygens (including phenoxy) is 1. The first kappa shape index (κ1) is 23.7. The molecule has 3 aromatic rings. The van der Waals surface area contributed by atoms with E-state index in [-0.39, 0.29) is 11.3 Å². The maximum atomic E-state index is 13.5. The van der Waals surface area contributed by atoms with Crippen molar-refractivity contribution in [3.8, 4) is 5.75 Å². The zero-order valence-electron chi connectivity index (χ0n) is 18.3. The number of benzene rings is 3. The molecule has 178 valence electrons. The smallest absolute Gasteiger partial charge is 0.279 e. The molecule has 0 saturated carbocycles. The van der Waals surface area contributed by atoms with Gasteiger partial charge in [-0.15, -0.1) is 0 Å². The number of hydrogen-bond acceptors (Lipinski definition) is 6. The molecule has 1 heterocycles. The lowest BCUT2D eigenvalue weighted by Gasteiger charge is -2.23. The molecule has 3 aromatic carbocycles. The topological polar surface area (TPSA) is 105 Å². The van der Waals surface area contributed by atoms with Gasteiger partial charge in [0.1, 0.15) is 11.6 Å². The number of hydrazone groups is 1. The van der Waals surface area contributed by atoms with Crippen LogP contribution < -0.4 is 9.46 Å². The molecule has 1 unspecified atom stereocenters. The SMILES string of the molecule is COc1ccc(S(=O)(=O)N2N=C(c3ccc(NS(C)(=O)=O)cc3)CC2c2ccc(F)cc2)cc1. The Morgan fingerprint density at radius 3 is 2.12 bits per heavy atom. The minimum absolute atomic E-state index is 0.0399. The Kier molecular flexibility index (Phi) is 6.32. The number of nitrogens with one attached hydrogen (secondary N) is 1. The van der Waals surface area contributed by atoms with Gasteiger partial charge < -0.3 is 4.74 Å². The second kappa shape index (κ2) is 9.07. The number of anilines is 1. The zero-order chi connectivity index (χ0) is 24.5. The summed E-state index contributed by atoms with van der Waals surface area (Å²) in [5.74, 6) is 0.0869. The Balaban J connectivity index is 1.72. The van der Waals surface area contributed by atoms with Gasteiger partial charge in [0.25, 0.3) is 10.0 Å². The van der Waals surface area contributed by atoms with Crippen molar-refractivity contribution in [2.75, 3.05) is 18.1 Å². The molecule has 0 saturated heterocycles. The van der Waals surface area contributed by atoms with Crippen LogP contribution in [0.1, 0.15) is 23.6 Å². The molecule has 11 heteroatoms. The van der Waals surface area contributed by atoms with Crippen LogP contribution in [0.5, 0.6) is 5.75 Å². The van der Waals surface area contributed by atoms with Crippen molar-refractivity contribution in [2.24, 2.45) is 5.10 Å². The van der Waals surface area contributed by atoms with Gasteiger partial charge in [-0.25, -0.2) is 12.8 Å². The summed E-state index contributed by atoms with van der Waals surface area (Å²) in [7, 11) is -5.98. The summed E-state index contributed by atoms with van der Waals surface area (Å²) in [6.45, 7) is 0. The average Bonchev–Trinajstić information content (AvgIpc) is 3.25. The van der Waals surface area contributed by atoms with Crippen molar-refractivity contribution >= 4 is 31.4 Å². The van der Waals surface area contributed by atoms with Crippen LogP contribution in [0.2, 0.25) is 0 Å². The largest absolute Gasteiger partial charge is 0.497 e. The fraction of sp³-hybridized carbons (Fsp3) is 0.174. The average molecular weight is 504 g/mol. The van der Waals surface area contributed by atoms with E-state index in [1.807, 2.05) is 0 Å². The molecule has 0 spiro atoms. The van der Waals surface area contributed by atoms with E-state index in [9.17, 15) is 21.2 Å². The summed E-state index contributed by atoms with van der Waals surface area (Å²) in [6, 6.07) is 17.4. The maximum absolute atomic E-state index is 13.5. The van der Waals surface area contributed by atoms with Crippen LogP contribution in [0, 0.1) is 5.82 Å². The molecule has 1 aliphatic heterocycles. The first-order chi connectivity index (χ1) is 16.1. The lowest BCUT2D eigenvalue weighted by Crippen LogP contribution is -2.27. The fourth-order valence-electron chi connectivity index (χ4n) is 3.62. The van der Waals surface area contributed by atoms with Gasteiger partial charge in [0.15, 0.2) is 0 Å². The fourth-order valence-corrected chi connectivity index (χ4v) is 5.62. The van der Waals surface area contributed by atoms with E-state index >= 15 is 0 Å². The number of rotatable bonds is 7. The second-order valence-corrected chi connectivity index (χ2v) is 11.3. The summed E-state index contributed by atoms with van der Waals surface area (Å²) in [6.07, 6.45) is 1.30. The van der Waals surface area contributed by atoms with Gasteiger partial charge in [0.2, 0.25) is 10.0 Å². The van der Waals surface area contributed by atoms with E-state index in [0.717, 1.165) is 10.7 Å². The van der Waals surface area contributed by atoms with Crippen LogP contribution in [0.4, 0.5) is 10.1 Å². The third-order valence-electron chi connectivity index (χ3n) is 5.25. The van der Waals surface area contributed by atoms with Crippen molar-refractivity contribution < 1.29 is 26.0 Å². The van der Waals surface area contributed by atoms with Crippen LogP contribution >= 0.6 is 0 Å². The summed E-state index contributed by atoms with van der Waals surface area (Å²) in [4.78, 5) is 0.0399. The lowest BCUT2D eigenvalue weighted by atomic mass is 9.99. The van der Waals surface area contributed by atoms with Gasteiger partial charge in [-0.05, 0) is 59.7 Å². The highest BCUT2D eigenvalue weighted by molar-refractivity contribution is 7.92. The summed E-state index contributed by atoms with van der Waals surface area (Å²) in [5, 5.41) is 4.43. The quantitative estimate of drug-likeness (QED) is 0.529. The monoisotopic (exact) mass is 503 g/mol. The highest BCUT2D eigenvalue weighted by Gasteiger charge is 2.37. The highest BCUT2D eigenvalue weighted by atomic mass is 32.2. The first-order valence-electron chi connectivity index (χ1n) is 10.2. The molecule has 0 fully saturated rings. The van der Waals surface area contributed by atoms with E-state index < -0.39 is 31.9 Å². The van der Waals surface area contributed by atoms with E-state index in [1.54, 1.807) is 36.4 Å². The highest BCUT2D eigenvalue weighted by Crippen LogP contribution is 2.37. The van der Waals surface area contributed by atoms with Crippen molar-refractivity contribution in [1.82, 2.24) is 4.41 Å². The Morgan fingerprint density at radius 2 is 1.56 bits per heavy atom. The molecule has 1 aliphatic rings. The van der Waals surface area contributed by atoms with E-state index in [2.05, 4.69) is 9.82 Å². The third kappa shape index (κ3) is 5.05. The molecular weight excluding hydrogens is 481 g/mol. The van der Waals surface area contributed by atoms with E-state index in [1.165, 1.54) is 43.5 Å². The van der Waals surface area contributed by atoms with Crippen LogP contribution in [0.15, 0.2) is 82.8 Å². The van der Waals surface area contributed by atoms with Crippen molar-refractivity contribution in [1.29, 1.82) is 0 Å². The molecule has 1 atom stereocenters. The van der Waals surface area contributed by atoms with Crippen LogP contribution in [-0.4, -0.2) is 40.3 Å². The molecule has 0 amide bonds. The van der Waals surface area contributed by atoms with Gasteiger partial charge in [-0.2, -0.15) is 17.9 Å². The van der Waals surface area contributed by atoms with Crippen LogP contribution in [0.3, 0.4) is 0 Å². The van der Waals surface area contributed by atoms with Gasteiger partial charge in [-0.1, -0.05) is 24.3 Å². The van der Waals surface area contributed by atoms with E-state index in [4.69, 9.17) is 4.74 Å². The number of halogens is 1. The summed E-state index contributed by atoms with van der Waals surface area (Å²) < 4.78 is 72.0. The van der Waals surface area contributed by atoms with Crippen molar-refractivity contribution in [3.05, 3.63) is 89.7 Å². The minimum atomic E-state index is -4.04. The van der Waals surface area contributed by atoms with Gasteiger partial charge in [0, 0.05) is 12.1 Å². The molecule has 1 N–H and O–H groups in total. The molecular formula is C23H22FN3O5S2. The normalized spacial score (nSPS) is 16.3. The van der Waals surface area contributed by atoms with Crippen molar-refractivity contribution in [3.63, 3.8) is 0 Å². The molecule has 4 rings (SSSR count). The van der Waals surface area contributed by atoms with Gasteiger partial charge >= 0.3 is 0 Å². The molecule has 0 aromatic heterocycles. The zero-order valence-corrected chi connectivity index (χ0v) is 20.0. The standard InChI is InChI=1S/C23H22FN3O5S2/c1-32-20-11-13-21(14-12-20)34(30,31)27-23(17-3-7-18(24)8-4-17)15-22(25-27)16-5-9-19(10-6-16)26-33(2,28)29/h3-14,23,26H,15H2,1-2H3. The van der Waals surface area contributed by atoms with Crippen LogP contribution in [0.25, 0.3) is 0 Å². The lowest BCUT2D eigenvalue weighted by molar-refractivity contribution is 0.371. The predicted octanol–water partition coefficient (Wildman–Crippen LogP) is 3.75. The Hall–Kier alpha value is -3.44. The molecule has 34 heavy (non-hydrogen) atoms. The van der Waals surface area contributed by atoms with Gasteiger partial charge in [-0.3, -0.25) is 4.72 Å². The molecule has 0 bridgehead atoms. The van der Waals surface area contributed by atoms with Crippen LogP contribution in [-0.2, 0) is 20.0 Å². The second-order valence-electron chi connectivity index (χ2n) is 7.72. The summed E-state index contributed by atoms with van der Waals surface area (Å²) >= 11 is 0. The number of methoxy groups -OCH3 is 1. The Bertz CT molecular complexity index is 1420. The number of hydrogen-bond donors (Lipinski definition) is 1. The predicted molar refractivity (Wildman–Crippen MR) is 127 cm³/mol. The molecule has 8 nitrogen and oxygen atoms in total.